The van der Waals surface area contributed by atoms with Crippen LogP contribution in [0.5, 0.6) is 5.75 Å². The van der Waals surface area contributed by atoms with Crippen LogP contribution in [0.15, 0.2) is 42.5 Å². The van der Waals surface area contributed by atoms with E-state index in [1.54, 1.807) is 6.92 Å². The molecule has 3 aromatic rings. The van der Waals surface area contributed by atoms with Gasteiger partial charge in [0.05, 0.1) is 11.5 Å². The molecule has 3 rings (SSSR count). The highest BCUT2D eigenvalue weighted by Crippen LogP contribution is 2.23. The Labute approximate surface area is 165 Å². The number of hydrogen-bond acceptors (Lipinski definition) is 7. The number of nitrogens with one attached hydrogen (secondary N) is 1. The number of carbonyl (C=O) groups is 1. The largest absolute Gasteiger partial charge is 0.493 e. The number of benzene rings is 2. The normalized spacial score (nSPS) is 10.5. The lowest BCUT2D eigenvalue weighted by atomic mass is 10.1. The SMILES string of the molecule is Cc1cccc(OCCc2nnc(NC(=O)c3cccc([N+](=O)[O-])c3C)s2)c1. The number of nitro groups is 1. The molecule has 1 N–H and O–H groups in total. The molecular weight excluding hydrogens is 380 g/mol. The predicted molar refractivity (Wildman–Crippen MR) is 106 cm³/mol. The Morgan fingerprint density at radius 2 is 2.00 bits per heavy atom. The molecule has 0 saturated carbocycles. The molecule has 28 heavy (non-hydrogen) atoms. The van der Waals surface area contributed by atoms with Crippen LogP contribution >= 0.6 is 11.3 Å². The highest BCUT2D eigenvalue weighted by Gasteiger charge is 2.19. The van der Waals surface area contributed by atoms with Crippen LogP contribution in [0.4, 0.5) is 10.8 Å². The number of hydrogen-bond donors (Lipinski definition) is 1. The number of aromatic nitrogens is 2. The van der Waals surface area contributed by atoms with Gasteiger partial charge in [-0.2, -0.15) is 0 Å². The van der Waals surface area contributed by atoms with Crippen LogP contribution < -0.4 is 10.1 Å². The van der Waals surface area contributed by atoms with Crippen molar-refractivity contribution >= 4 is 28.1 Å². The Morgan fingerprint density at radius 3 is 2.75 bits per heavy atom. The first-order chi connectivity index (χ1) is 13.4. The smallest absolute Gasteiger partial charge is 0.273 e. The first-order valence-corrected chi connectivity index (χ1v) is 9.33. The summed E-state index contributed by atoms with van der Waals surface area (Å²) in [6.45, 7) is 3.98. The number of aryl methyl sites for hydroxylation is 1. The average molecular weight is 398 g/mol. The fraction of sp³-hybridized carbons (Fsp3) is 0.211. The summed E-state index contributed by atoms with van der Waals surface area (Å²) in [5, 5.41) is 22.7. The molecule has 1 heterocycles. The molecule has 1 aromatic heterocycles. The zero-order valence-corrected chi connectivity index (χ0v) is 16.2. The van der Waals surface area contributed by atoms with E-state index in [4.69, 9.17) is 4.74 Å². The van der Waals surface area contributed by atoms with Crippen molar-refractivity contribution in [2.75, 3.05) is 11.9 Å². The van der Waals surface area contributed by atoms with E-state index in [2.05, 4.69) is 15.5 Å². The maximum Gasteiger partial charge on any atom is 0.273 e. The lowest BCUT2D eigenvalue weighted by Gasteiger charge is -2.05. The van der Waals surface area contributed by atoms with Crippen molar-refractivity contribution in [1.82, 2.24) is 10.2 Å². The van der Waals surface area contributed by atoms with Crippen molar-refractivity contribution in [3.05, 3.63) is 74.3 Å². The van der Waals surface area contributed by atoms with Crippen LogP contribution in [0.1, 0.15) is 26.5 Å². The van der Waals surface area contributed by atoms with E-state index < -0.39 is 10.8 Å². The molecule has 0 unspecified atom stereocenters. The Bertz CT molecular complexity index is 1020. The van der Waals surface area contributed by atoms with Gasteiger partial charge in [-0.15, -0.1) is 10.2 Å². The summed E-state index contributed by atoms with van der Waals surface area (Å²) in [7, 11) is 0. The molecule has 0 spiro atoms. The van der Waals surface area contributed by atoms with Gasteiger partial charge in [0.2, 0.25) is 5.13 Å². The fourth-order valence-corrected chi connectivity index (χ4v) is 3.31. The van der Waals surface area contributed by atoms with Gasteiger partial charge in [-0.05, 0) is 37.6 Å². The Morgan fingerprint density at radius 1 is 1.21 bits per heavy atom. The van der Waals surface area contributed by atoms with E-state index in [0.29, 0.717) is 23.7 Å². The zero-order chi connectivity index (χ0) is 20.1. The molecule has 0 aliphatic heterocycles. The lowest BCUT2D eigenvalue weighted by molar-refractivity contribution is -0.385. The van der Waals surface area contributed by atoms with Crippen LogP contribution in [-0.2, 0) is 6.42 Å². The number of anilines is 1. The van der Waals surface area contributed by atoms with Gasteiger partial charge in [0.15, 0.2) is 0 Å². The molecule has 0 aliphatic carbocycles. The quantitative estimate of drug-likeness (QED) is 0.477. The fourth-order valence-electron chi connectivity index (χ4n) is 2.60. The summed E-state index contributed by atoms with van der Waals surface area (Å²) >= 11 is 1.24. The summed E-state index contributed by atoms with van der Waals surface area (Å²) in [5.74, 6) is 0.332. The van der Waals surface area contributed by atoms with Crippen LogP contribution in [0.3, 0.4) is 0 Å². The molecule has 0 saturated heterocycles. The molecular formula is C19H18N4O4S. The Kier molecular flexibility index (Phi) is 5.95. The number of amides is 1. The average Bonchev–Trinajstić information content (AvgIpc) is 3.09. The van der Waals surface area contributed by atoms with E-state index in [-0.39, 0.29) is 11.3 Å². The Hall–Kier alpha value is -3.33. The summed E-state index contributed by atoms with van der Waals surface area (Å²) in [6.07, 6.45) is 0.553. The van der Waals surface area contributed by atoms with Gasteiger partial charge in [0.1, 0.15) is 10.8 Å². The first kappa shape index (κ1) is 19.4. The molecule has 8 nitrogen and oxygen atoms in total. The molecule has 0 aliphatic rings. The summed E-state index contributed by atoms with van der Waals surface area (Å²) < 4.78 is 5.69. The third-order valence-electron chi connectivity index (χ3n) is 4.01. The minimum Gasteiger partial charge on any atom is -0.493 e. The van der Waals surface area contributed by atoms with E-state index in [1.807, 2.05) is 31.2 Å². The Balaban J connectivity index is 1.59. The van der Waals surface area contributed by atoms with Crippen LogP contribution in [0, 0.1) is 24.0 Å². The van der Waals surface area contributed by atoms with E-state index in [0.717, 1.165) is 16.3 Å². The second-order valence-corrected chi connectivity index (χ2v) is 7.14. The third-order valence-corrected chi connectivity index (χ3v) is 4.91. The second kappa shape index (κ2) is 8.57. The highest BCUT2D eigenvalue weighted by atomic mass is 32.1. The standard InChI is InChI=1S/C19H18N4O4S/c1-12-5-3-6-14(11-12)27-10-9-17-21-22-19(28-17)20-18(24)15-7-4-8-16(13(15)2)23(25)26/h3-8,11H,9-10H2,1-2H3,(H,20,22,24). The van der Waals surface area contributed by atoms with E-state index in [9.17, 15) is 14.9 Å². The summed E-state index contributed by atoms with van der Waals surface area (Å²) in [6, 6.07) is 12.1. The van der Waals surface area contributed by atoms with Gasteiger partial charge in [-0.3, -0.25) is 20.2 Å². The van der Waals surface area contributed by atoms with Crippen molar-refractivity contribution in [2.24, 2.45) is 0 Å². The van der Waals surface area contributed by atoms with Crippen molar-refractivity contribution in [2.45, 2.75) is 20.3 Å². The predicted octanol–water partition coefficient (Wildman–Crippen LogP) is 3.94. The number of nitro benzene ring substituents is 1. The monoisotopic (exact) mass is 398 g/mol. The maximum atomic E-state index is 12.4. The van der Waals surface area contributed by atoms with Gasteiger partial charge in [-0.25, -0.2) is 0 Å². The molecule has 0 radical (unpaired) electrons. The maximum absolute atomic E-state index is 12.4. The van der Waals surface area contributed by atoms with Crippen molar-refractivity contribution in [3.8, 4) is 5.75 Å². The summed E-state index contributed by atoms with van der Waals surface area (Å²) in [5.41, 5.74) is 1.56. The van der Waals surface area contributed by atoms with Crippen LogP contribution in [0.25, 0.3) is 0 Å². The lowest BCUT2D eigenvalue weighted by Crippen LogP contribution is -2.14. The molecule has 2 aromatic carbocycles. The number of nitrogens with zero attached hydrogens (tertiary/aromatic N) is 3. The van der Waals surface area contributed by atoms with Crippen LogP contribution in [-0.4, -0.2) is 27.6 Å². The molecule has 9 heteroatoms. The van der Waals surface area contributed by atoms with E-state index in [1.165, 1.54) is 29.5 Å². The van der Waals surface area contributed by atoms with Crippen LogP contribution in [0.2, 0.25) is 0 Å². The van der Waals surface area contributed by atoms with Gasteiger partial charge in [-0.1, -0.05) is 29.5 Å². The van der Waals surface area contributed by atoms with Gasteiger partial charge in [0.25, 0.3) is 11.6 Å². The van der Waals surface area contributed by atoms with Gasteiger partial charge in [0, 0.05) is 23.6 Å². The van der Waals surface area contributed by atoms with Crippen molar-refractivity contribution in [3.63, 3.8) is 0 Å². The summed E-state index contributed by atoms with van der Waals surface area (Å²) in [4.78, 5) is 22.9. The number of ether oxygens (including phenoxy) is 1. The van der Waals surface area contributed by atoms with Crippen molar-refractivity contribution in [1.29, 1.82) is 0 Å². The minimum absolute atomic E-state index is 0.0982. The first-order valence-electron chi connectivity index (χ1n) is 8.51. The molecule has 1 amide bonds. The number of rotatable bonds is 7. The van der Waals surface area contributed by atoms with Gasteiger partial charge < -0.3 is 4.74 Å². The molecule has 0 fully saturated rings. The highest BCUT2D eigenvalue weighted by molar-refractivity contribution is 7.15. The zero-order valence-electron chi connectivity index (χ0n) is 15.3. The number of carbonyl (C=O) groups excluding carboxylic acids is 1. The second-order valence-electron chi connectivity index (χ2n) is 6.08. The molecule has 144 valence electrons. The van der Waals surface area contributed by atoms with Crippen molar-refractivity contribution < 1.29 is 14.5 Å². The molecule has 0 bridgehead atoms. The van der Waals surface area contributed by atoms with Gasteiger partial charge >= 0.3 is 0 Å². The minimum atomic E-state index is -0.511. The topological polar surface area (TPSA) is 107 Å². The van der Waals surface area contributed by atoms with E-state index >= 15 is 0 Å². The third kappa shape index (κ3) is 4.68. The molecule has 0 atom stereocenters.